The van der Waals surface area contributed by atoms with Crippen molar-refractivity contribution in [3.05, 3.63) is 0 Å². The van der Waals surface area contributed by atoms with E-state index in [2.05, 4.69) is 22.2 Å². The van der Waals surface area contributed by atoms with Gasteiger partial charge in [0.25, 0.3) is 0 Å². The van der Waals surface area contributed by atoms with Crippen LogP contribution in [-0.2, 0) is 4.79 Å². The first-order chi connectivity index (χ1) is 7.63. The van der Waals surface area contributed by atoms with Gasteiger partial charge >= 0.3 is 0 Å². The zero-order chi connectivity index (χ0) is 12.0. The molecule has 1 amide bonds. The lowest BCUT2D eigenvalue weighted by Crippen LogP contribution is -2.46. The van der Waals surface area contributed by atoms with Crippen LogP contribution in [0, 0.1) is 0 Å². The molecule has 0 atom stereocenters. The number of hydrogen-bond donors (Lipinski definition) is 2. The highest BCUT2D eigenvalue weighted by Crippen LogP contribution is 2.13. The van der Waals surface area contributed by atoms with Crippen LogP contribution < -0.4 is 5.32 Å². The molecule has 0 aromatic heterocycles. The zero-order valence-electron chi connectivity index (χ0n) is 10.3. The normalized spacial score (nSPS) is 19.0. The molecule has 1 aliphatic rings. The van der Waals surface area contributed by atoms with Gasteiger partial charge in [0.1, 0.15) is 0 Å². The Hall–Kier alpha value is -0.650. The number of likely N-dealkylation sites (N-methyl/N-ethyl adjacent to an activating group) is 1. The Labute approximate surface area is 97.4 Å². The Morgan fingerprint density at radius 2 is 2.12 bits per heavy atom. The summed E-state index contributed by atoms with van der Waals surface area (Å²) in [6, 6.07) is 0.510. The van der Waals surface area contributed by atoms with E-state index in [1.54, 1.807) is 0 Å². The standard InChI is InChI=1S/C11H23N3O2/c1-13-6-3-10(4-7-13)14(2)9-11(16)12-5-8-15/h10,15H,3-9H2,1-2H3,(H,12,16). The first-order valence-electron chi connectivity index (χ1n) is 5.90. The third kappa shape index (κ3) is 4.47. The molecule has 16 heavy (non-hydrogen) atoms. The van der Waals surface area contributed by atoms with Gasteiger partial charge in [-0.1, -0.05) is 0 Å². The molecular weight excluding hydrogens is 206 g/mol. The number of carbonyl (C=O) groups excluding carboxylic acids is 1. The van der Waals surface area contributed by atoms with Gasteiger partial charge in [0.15, 0.2) is 0 Å². The molecule has 0 spiro atoms. The Kier molecular flexibility index (Phi) is 5.73. The Balaban J connectivity index is 2.23. The highest BCUT2D eigenvalue weighted by molar-refractivity contribution is 5.77. The molecule has 0 radical (unpaired) electrons. The van der Waals surface area contributed by atoms with Crippen LogP contribution in [0.15, 0.2) is 0 Å². The first-order valence-corrected chi connectivity index (χ1v) is 5.90. The lowest BCUT2D eigenvalue weighted by atomic mass is 10.0. The Bertz CT molecular complexity index is 215. The van der Waals surface area contributed by atoms with E-state index in [-0.39, 0.29) is 12.5 Å². The van der Waals surface area contributed by atoms with Crippen LogP contribution in [0.5, 0.6) is 0 Å². The number of aliphatic hydroxyl groups is 1. The number of piperidine rings is 1. The second kappa shape index (κ2) is 6.83. The van der Waals surface area contributed by atoms with E-state index in [0.717, 1.165) is 25.9 Å². The van der Waals surface area contributed by atoms with Crippen molar-refractivity contribution in [1.29, 1.82) is 0 Å². The zero-order valence-corrected chi connectivity index (χ0v) is 10.3. The van der Waals surface area contributed by atoms with Gasteiger partial charge in [0, 0.05) is 12.6 Å². The van der Waals surface area contributed by atoms with Crippen LogP contribution >= 0.6 is 0 Å². The number of nitrogens with zero attached hydrogens (tertiary/aromatic N) is 2. The summed E-state index contributed by atoms with van der Waals surface area (Å²) in [5.74, 6) is -0.00419. The van der Waals surface area contributed by atoms with Gasteiger partial charge in [0.05, 0.1) is 13.2 Å². The Morgan fingerprint density at radius 1 is 1.50 bits per heavy atom. The number of aliphatic hydroxyl groups excluding tert-OH is 1. The molecule has 94 valence electrons. The third-order valence-electron chi connectivity index (χ3n) is 3.14. The van der Waals surface area contributed by atoms with Crippen LogP contribution in [0.1, 0.15) is 12.8 Å². The SMILES string of the molecule is CN1CCC(N(C)CC(=O)NCCO)CC1. The van der Waals surface area contributed by atoms with Crippen molar-refractivity contribution in [1.82, 2.24) is 15.1 Å². The van der Waals surface area contributed by atoms with Crippen molar-refractivity contribution in [2.45, 2.75) is 18.9 Å². The molecule has 5 heteroatoms. The smallest absolute Gasteiger partial charge is 0.234 e. The fourth-order valence-corrected chi connectivity index (χ4v) is 2.04. The summed E-state index contributed by atoms with van der Waals surface area (Å²) in [7, 11) is 4.12. The molecule has 0 saturated carbocycles. The summed E-state index contributed by atoms with van der Waals surface area (Å²) in [5.41, 5.74) is 0. The highest BCUT2D eigenvalue weighted by atomic mass is 16.3. The highest BCUT2D eigenvalue weighted by Gasteiger charge is 2.21. The summed E-state index contributed by atoms with van der Waals surface area (Å²) in [6.07, 6.45) is 2.25. The van der Waals surface area contributed by atoms with E-state index in [1.807, 2.05) is 7.05 Å². The van der Waals surface area contributed by atoms with Gasteiger partial charge in [0.2, 0.25) is 5.91 Å². The predicted octanol–water partition coefficient (Wildman–Crippen LogP) is -0.879. The molecule has 1 heterocycles. The fraction of sp³-hybridized carbons (Fsp3) is 0.909. The predicted molar refractivity (Wildman–Crippen MR) is 63.2 cm³/mol. The number of rotatable bonds is 5. The number of nitrogens with one attached hydrogen (secondary N) is 1. The lowest BCUT2D eigenvalue weighted by molar-refractivity contribution is -0.122. The number of amides is 1. The maximum Gasteiger partial charge on any atom is 0.234 e. The largest absolute Gasteiger partial charge is 0.395 e. The maximum absolute atomic E-state index is 11.4. The van der Waals surface area contributed by atoms with Gasteiger partial charge in [-0.3, -0.25) is 9.69 Å². The number of carbonyl (C=O) groups is 1. The first kappa shape index (κ1) is 13.4. The fourth-order valence-electron chi connectivity index (χ4n) is 2.04. The van der Waals surface area contributed by atoms with E-state index in [0.29, 0.717) is 19.1 Å². The summed E-state index contributed by atoms with van der Waals surface area (Å²) >= 11 is 0. The third-order valence-corrected chi connectivity index (χ3v) is 3.14. The molecule has 0 aromatic rings. The van der Waals surface area contributed by atoms with Crippen LogP contribution in [0.3, 0.4) is 0 Å². The van der Waals surface area contributed by atoms with Gasteiger partial charge in [-0.05, 0) is 40.0 Å². The van der Waals surface area contributed by atoms with E-state index < -0.39 is 0 Å². The van der Waals surface area contributed by atoms with Gasteiger partial charge < -0.3 is 15.3 Å². The van der Waals surface area contributed by atoms with Crippen LogP contribution in [-0.4, -0.2) is 73.7 Å². The maximum atomic E-state index is 11.4. The molecule has 1 aliphatic heterocycles. The van der Waals surface area contributed by atoms with Crippen LogP contribution in [0.2, 0.25) is 0 Å². The van der Waals surface area contributed by atoms with Crippen LogP contribution in [0.4, 0.5) is 0 Å². The monoisotopic (exact) mass is 229 g/mol. The summed E-state index contributed by atoms with van der Waals surface area (Å²) in [4.78, 5) is 15.9. The topological polar surface area (TPSA) is 55.8 Å². The molecular formula is C11H23N3O2. The quantitative estimate of drug-likeness (QED) is 0.643. The molecule has 1 saturated heterocycles. The molecule has 5 nitrogen and oxygen atoms in total. The van der Waals surface area contributed by atoms with Crippen molar-refractivity contribution < 1.29 is 9.90 Å². The number of likely N-dealkylation sites (tertiary alicyclic amines) is 1. The average molecular weight is 229 g/mol. The van der Waals surface area contributed by atoms with Gasteiger partial charge in [-0.15, -0.1) is 0 Å². The van der Waals surface area contributed by atoms with Crippen molar-refractivity contribution in [2.24, 2.45) is 0 Å². The van der Waals surface area contributed by atoms with Crippen molar-refractivity contribution in [2.75, 3.05) is 46.9 Å². The lowest BCUT2D eigenvalue weighted by Gasteiger charge is -2.34. The molecule has 1 rings (SSSR count). The minimum atomic E-state index is -0.00419. The van der Waals surface area contributed by atoms with Crippen molar-refractivity contribution in [3.8, 4) is 0 Å². The van der Waals surface area contributed by atoms with E-state index >= 15 is 0 Å². The van der Waals surface area contributed by atoms with Gasteiger partial charge in [-0.2, -0.15) is 0 Å². The second-order valence-electron chi connectivity index (χ2n) is 4.52. The molecule has 1 fully saturated rings. The molecule has 2 N–H and O–H groups in total. The van der Waals surface area contributed by atoms with Crippen molar-refractivity contribution in [3.63, 3.8) is 0 Å². The summed E-state index contributed by atoms with van der Waals surface area (Å²) in [5, 5.41) is 11.3. The molecule has 0 aliphatic carbocycles. The summed E-state index contributed by atoms with van der Waals surface area (Å²) in [6.45, 7) is 2.98. The molecule has 0 unspecified atom stereocenters. The Morgan fingerprint density at radius 3 is 2.69 bits per heavy atom. The van der Waals surface area contributed by atoms with Crippen molar-refractivity contribution >= 4 is 5.91 Å². The molecule has 0 bridgehead atoms. The minimum Gasteiger partial charge on any atom is -0.395 e. The number of hydrogen-bond acceptors (Lipinski definition) is 4. The van der Waals surface area contributed by atoms with E-state index in [1.165, 1.54) is 0 Å². The molecule has 0 aromatic carbocycles. The second-order valence-corrected chi connectivity index (χ2v) is 4.52. The van der Waals surface area contributed by atoms with E-state index in [9.17, 15) is 4.79 Å². The van der Waals surface area contributed by atoms with Gasteiger partial charge in [-0.25, -0.2) is 0 Å². The van der Waals surface area contributed by atoms with Crippen LogP contribution in [0.25, 0.3) is 0 Å². The average Bonchev–Trinajstić information content (AvgIpc) is 2.27. The minimum absolute atomic E-state index is 0.00365. The summed E-state index contributed by atoms with van der Waals surface area (Å²) < 4.78 is 0. The van der Waals surface area contributed by atoms with E-state index in [4.69, 9.17) is 5.11 Å².